The fraction of sp³-hybridized carbons (Fsp3) is 0.318. The van der Waals surface area contributed by atoms with Gasteiger partial charge in [0.1, 0.15) is 11.9 Å². The molecule has 1 fully saturated rings. The van der Waals surface area contributed by atoms with E-state index in [-0.39, 0.29) is 6.04 Å². The summed E-state index contributed by atoms with van der Waals surface area (Å²) in [4.78, 5) is 6.87. The number of hydrogen-bond donors (Lipinski definition) is 1. The Bertz CT molecular complexity index is 902. The van der Waals surface area contributed by atoms with Gasteiger partial charge in [-0.05, 0) is 43.0 Å². The van der Waals surface area contributed by atoms with Crippen LogP contribution in [0.25, 0.3) is 0 Å². The second-order valence-electron chi connectivity index (χ2n) is 7.25. The molecule has 2 aromatic carbocycles. The van der Waals surface area contributed by atoms with Gasteiger partial charge < -0.3 is 14.8 Å². The molecule has 4 rings (SSSR count). The number of imidazole rings is 1. The van der Waals surface area contributed by atoms with Crippen LogP contribution in [-0.2, 0) is 7.05 Å². The first kappa shape index (κ1) is 17.9. The SMILES string of the molecule is CN(c1ccc(NC(c2ccccc2)c2nccn2C)cc1Cl)C1CCC1. The molecule has 1 aromatic heterocycles. The predicted molar refractivity (Wildman–Crippen MR) is 113 cm³/mol. The van der Waals surface area contributed by atoms with Crippen molar-refractivity contribution in [3.8, 4) is 0 Å². The fourth-order valence-electron chi connectivity index (χ4n) is 3.62. The Morgan fingerprint density at radius 2 is 1.96 bits per heavy atom. The van der Waals surface area contributed by atoms with Crippen molar-refractivity contribution in [3.05, 3.63) is 77.3 Å². The Balaban J connectivity index is 1.61. The van der Waals surface area contributed by atoms with Crippen LogP contribution in [-0.4, -0.2) is 22.6 Å². The van der Waals surface area contributed by atoms with E-state index in [0.29, 0.717) is 6.04 Å². The normalized spacial score (nSPS) is 15.2. The number of anilines is 2. The highest BCUT2D eigenvalue weighted by Crippen LogP contribution is 2.35. The molecule has 0 radical (unpaired) electrons. The summed E-state index contributed by atoms with van der Waals surface area (Å²) in [6.07, 6.45) is 7.62. The topological polar surface area (TPSA) is 33.1 Å². The first-order chi connectivity index (χ1) is 13.1. The largest absolute Gasteiger partial charge is 0.371 e. The molecule has 1 atom stereocenters. The number of hydrogen-bond acceptors (Lipinski definition) is 3. The zero-order chi connectivity index (χ0) is 18.8. The molecule has 5 heteroatoms. The number of benzene rings is 2. The standard InChI is InChI=1S/C22H25ClN4/c1-26-14-13-24-22(26)21(16-7-4-3-5-8-16)25-17-11-12-20(19(23)15-17)27(2)18-9-6-10-18/h3-5,7-8,11-15,18,21,25H,6,9-10H2,1-2H3. The Labute approximate surface area is 165 Å². The molecule has 140 valence electrons. The van der Waals surface area contributed by atoms with E-state index in [4.69, 9.17) is 11.6 Å². The van der Waals surface area contributed by atoms with E-state index in [9.17, 15) is 0 Å². The average Bonchev–Trinajstić information content (AvgIpc) is 3.04. The molecule has 0 bridgehead atoms. The molecule has 1 saturated carbocycles. The van der Waals surface area contributed by atoms with Crippen LogP contribution in [0.1, 0.15) is 36.7 Å². The zero-order valence-corrected chi connectivity index (χ0v) is 16.5. The molecule has 1 aliphatic rings. The van der Waals surface area contributed by atoms with Crippen LogP contribution in [0, 0.1) is 0 Å². The molecule has 27 heavy (non-hydrogen) atoms. The third kappa shape index (κ3) is 3.67. The molecule has 0 saturated heterocycles. The zero-order valence-electron chi connectivity index (χ0n) is 15.8. The van der Waals surface area contributed by atoms with Gasteiger partial charge in [-0.1, -0.05) is 41.9 Å². The van der Waals surface area contributed by atoms with Crippen LogP contribution in [0.3, 0.4) is 0 Å². The van der Waals surface area contributed by atoms with Gasteiger partial charge in [-0.25, -0.2) is 4.98 Å². The summed E-state index contributed by atoms with van der Waals surface area (Å²) in [6, 6.07) is 17.2. The van der Waals surface area contributed by atoms with E-state index in [1.807, 2.05) is 36.1 Å². The lowest BCUT2D eigenvalue weighted by Crippen LogP contribution is -2.37. The maximum atomic E-state index is 6.63. The van der Waals surface area contributed by atoms with E-state index < -0.39 is 0 Å². The van der Waals surface area contributed by atoms with Crippen LogP contribution in [0.2, 0.25) is 5.02 Å². The van der Waals surface area contributed by atoms with E-state index in [2.05, 4.69) is 58.6 Å². The number of aryl methyl sites for hydroxylation is 1. The second kappa shape index (κ2) is 7.65. The van der Waals surface area contributed by atoms with E-state index in [1.54, 1.807) is 0 Å². The summed E-state index contributed by atoms with van der Waals surface area (Å²) in [5.41, 5.74) is 3.25. The van der Waals surface area contributed by atoms with Gasteiger partial charge in [0, 0.05) is 38.2 Å². The fourth-order valence-corrected chi connectivity index (χ4v) is 3.93. The lowest BCUT2D eigenvalue weighted by Gasteiger charge is -2.37. The number of nitrogens with one attached hydrogen (secondary N) is 1. The van der Waals surface area contributed by atoms with Crippen LogP contribution in [0.15, 0.2) is 60.9 Å². The molecule has 3 aromatic rings. The minimum Gasteiger partial charge on any atom is -0.371 e. The van der Waals surface area contributed by atoms with Crippen molar-refractivity contribution in [3.63, 3.8) is 0 Å². The van der Waals surface area contributed by atoms with Crippen molar-refractivity contribution in [2.24, 2.45) is 7.05 Å². The Kier molecular flexibility index (Phi) is 5.08. The van der Waals surface area contributed by atoms with Crippen LogP contribution < -0.4 is 10.2 Å². The molecule has 0 amide bonds. The second-order valence-corrected chi connectivity index (χ2v) is 7.65. The quantitative estimate of drug-likeness (QED) is 0.632. The summed E-state index contributed by atoms with van der Waals surface area (Å²) >= 11 is 6.63. The van der Waals surface area contributed by atoms with Crippen molar-refractivity contribution in [2.75, 3.05) is 17.3 Å². The van der Waals surface area contributed by atoms with Gasteiger partial charge in [-0.15, -0.1) is 0 Å². The summed E-state index contributed by atoms with van der Waals surface area (Å²) in [6.45, 7) is 0. The van der Waals surface area contributed by atoms with Crippen molar-refractivity contribution in [1.29, 1.82) is 0 Å². The van der Waals surface area contributed by atoms with Gasteiger partial charge in [0.15, 0.2) is 0 Å². The first-order valence-corrected chi connectivity index (χ1v) is 9.82. The highest BCUT2D eigenvalue weighted by molar-refractivity contribution is 6.33. The molecule has 0 spiro atoms. The van der Waals surface area contributed by atoms with Crippen molar-refractivity contribution in [2.45, 2.75) is 31.3 Å². The minimum atomic E-state index is -0.0440. The molecule has 1 N–H and O–H groups in total. The molecule has 4 nitrogen and oxygen atoms in total. The van der Waals surface area contributed by atoms with Gasteiger partial charge in [0.25, 0.3) is 0 Å². The Morgan fingerprint density at radius 1 is 1.19 bits per heavy atom. The first-order valence-electron chi connectivity index (χ1n) is 9.44. The Hall–Kier alpha value is -2.46. The van der Waals surface area contributed by atoms with Gasteiger partial charge in [0.2, 0.25) is 0 Å². The van der Waals surface area contributed by atoms with Crippen LogP contribution in [0.4, 0.5) is 11.4 Å². The van der Waals surface area contributed by atoms with E-state index in [0.717, 1.165) is 22.2 Å². The third-order valence-corrected chi connectivity index (χ3v) is 5.81. The van der Waals surface area contributed by atoms with Crippen molar-refractivity contribution < 1.29 is 0 Å². The Morgan fingerprint density at radius 3 is 2.56 bits per heavy atom. The smallest absolute Gasteiger partial charge is 0.135 e. The molecular formula is C22H25ClN4. The molecule has 1 heterocycles. The minimum absolute atomic E-state index is 0.0440. The van der Waals surface area contributed by atoms with Gasteiger partial charge >= 0.3 is 0 Å². The van der Waals surface area contributed by atoms with Crippen molar-refractivity contribution in [1.82, 2.24) is 9.55 Å². The lowest BCUT2D eigenvalue weighted by molar-refractivity contribution is 0.401. The lowest BCUT2D eigenvalue weighted by atomic mass is 9.91. The maximum absolute atomic E-state index is 6.63. The molecule has 0 aliphatic heterocycles. The molecule has 1 unspecified atom stereocenters. The van der Waals surface area contributed by atoms with E-state index >= 15 is 0 Å². The highest BCUT2D eigenvalue weighted by Gasteiger charge is 2.24. The molecular weight excluding hydrogens is 356 g/mol. The van der Waals surface area contributed by atoms with Crippen LogP contribution in [0.5, 0.6) is 0 Å². The number of nitrogens with zero attached hydrogens (tertiary/aromatic N) is 3. The number of aromatic nitrogens is 2. The third-order valence-electron chi connectivity index (χ3n) is 5.51. The van der Waals surface area contributed by atoms with Gasteiger partial charge in [0.05, 0.1) is 10.7 Å². The monoisotopic (exact) mass is 380 g/mol. The van der Waals surface area contributed by atoms with Gasteiger partial charge in [-0.2, -0.15) is 0 Å². The molecule has 1 aliphatic carbocycles. The predicted octanol–water partition coefficient (Wildman–Crippen LogP) is 5.26. The summed E-state index contributed by atoms with van der Waals surface area (Å²) in [5, 5.41) is 4.40. The average molecular weight is 381 g/mol. The summed E-state index contributed by atoms with van der Waals surface area (Å²) in [5.74, 6) is 0.966. The number of halogens is 1. The summed E-state index contributed by atoms with van der Waals surface area (Å²) in [7, 11) is 4.16. The highest BCUT2D eigenvalue weighted by atomic mass is 35.5. The van der Waals surface area contributed by atoms with E-state index in [1.165, 1.54) is 24.8 Å². The maximum Gasteiger partial charge on any atom is 0.135 e. The van der Waals surface area contributed by atoms with Gasteiger partial charge in [-0.3, -0.25) is 0 Å². The van der Waals surface area contributed by atoms with Crippen molar-refractivity contribution >= 4 is 23.0 Å². The number of rotatable bonds is 6. The summed E-state index contributed by atoms with van der Waals surface area (Å²) < 4.78 is 2.05. The van der Waals surface area contributed by atoms with Crippen LogP contribution >= 0.6 is 11.6 Å².